The molecule has 2 aromatic carbocycles. The van der Waals surface area contributed by atoms with Crippen molar-refractivity contribution in [2.24, 2.45) is 0 Å². The minimum Gasteiger partial charge on any atom is -0.480 e. The maximum absolute atomic E-state index is 13.4. The second-order valence-electron chi connectivity index (χ2n) is 4.31. The lowest BCUT2D eigenvalue weighted by Gasteiger charge is -2.15. The molecule has 0 bridgehead atoms. The van der Waals surface area contributed by atoms with Crippen molar-refractivity contribution in [1.82, 2.24) is 5.32 Å². The molecule has 0 saturated heterocycles. The maximum Gasteiger partial charge on any atom is 0.325 e. The van der Waals surface area contributed by atoms with Gasteiger partial charge < -0.3 is 5.11 Å². The van der Waals surface area contributed by atoms with Gasteiger partial charge in [0, 0.05) is 6.54 Å². The van der Waals surface area contributed by atoms with Gasteiger partial charge in [-0.1, -0.05) is 36.4 Å². The van der Waals surface area contributed by atoms with Crippen LogP contribution in [0.1, 0.15) is 17.2 Å². The molecule has 0 spiro atoms. The third-order valence-corrected chi connectivity index (χ3v) is 3.52. The molecule has 3 nitrogen and oxygen atoms in total. The Bertz CT molecular complexity index is 604. The molecule has 0 aliphatic carbocycles. The van der Waals surface area contributed by atoms with E-state index in [9.17, 15) is 14.3 Å². The van der Waals surface area contributed by atoms with E-state index in [1.165, 1.54) is 6.07 Å². The average Bonchev–Trinajstić information content (AvgIpc) is 2.44. The number of benzene rings is 2. The molecule has 0 fully saturated rings. The van der Waals surface area contributed by atoms with Gasteiger partial charge in [-0.3, -0.25) is 10.1 Å². The summed E-state index contributed by atoms with van der Waals surface area (Å²) in [6.45, 7) is 0.274. The molecule has 0 heterocycles. The van der Waals surface area contributed by atoms with Crippen LogP contribution in [-0.2, 0) is 11.3 Å². The minimum atomic E-state index is -0.964. The number of hydrogen-bond acceptors (Lipinski definition) is 2. The summed E-state index contributed by atoms with van der Waals surface area (Å²) in [5.41, 5.74) is 1.35. The zero-order valence-electron chi connectivity index (χ0n) is 10.5. The van der Waals surface area contributed by atoms with Crippen molar-refractivity contribution >= 4 is 21.9 Å². The number of aliphatic carboxylic acids is 1. The Labute approximate surface area is 124 Å². The summed E-state index contributed by atoms with van der Waals surface area (Å²) in [5.74, 6) is -1.33. The van der Waals surface area contributed by atoms with Gasteiger partial charge in [0.25, 0.3) is 0 Å². The Morgan fingerprint density at radius 1 is 1.25 bits per heavy atom. The van der Waals surface area contributed by atoms with Gasteiger partial charge in [-0.05, 0) is 39.2 Å². The van der Waals surface area contributed by atoms with Crippen LogP contribution in [0, 0.1) is 5.82 Å². The first-order chi connectivity index (χ1) is 9.58. The Morgan fingerprint density at radius 3 is 2.55 bits per heavy atom. The van der Waals surface area contributed by atoms with Crippen LogP contribution in [0.15, 0.2) is 53.0 Å². The predicted molar refractivity (Wildman–Crippen MR) is 77.8 cm³/mol. The molecular formula is C15H13BrFNO2. The summed E-state index contributed by atoms with van der Waals surface area (Å²) in [4.78, 5) is 11.3. The highest BCUT2D eigenvalue weighted by molar-refractivity contribution is 9.10. The van der Waals surface area contributed by atoms with E-state index in [0.717, 1.165) is 0 Å². The first-order valence-corrected chi connectivity index (χ1v) is 6.82. The first kappa shape index (κ1) is 14.7. The third kappa shape index (κ3) is 3.65. The van der Waals surface area contributed by atoms with E-state index >= 15 is 0 Å². The summed E-state index contributed by atoms with van der Waals surface area (Å²) >= 11 is 3.08. The van der Waals surface area contributed by atoms with Gasteiger partial charge in [-0.25, -0.2) is 4.39 Å². The fourth-order valence-corrected chi connectivity index (χ4v) is 2.11. The van der Waals surface area contributed by atoms with Crippen LogP contribution in [0.25, 0.3) is 0 Å². The van der Waals surface area contributed by atoms with Gasteiger partial charge in [0.1, 0.15) is 11.9 Å². The molecule has 2 N–H and O–H groups in total. The SMILES string of the molecule is O=C(O)C(NCc1ccc(Br)c(F)c1)c1ccccc1. The summed E-state index contributed by atoms with van der Waals surface area (Å²) in [7, 11) is 0. The number of hydrogen-bond donors (Lipinski definition) is 2. The Hall–Kier alpha value is -1.72. The zero-order valence-corrected chi connectivity index (χ0v) is 12.1. The quantitative estimate of drug-likeness (QED) is 0.877. The molecule has 104 valence electrons. The molecule has 1 unspecified atom stereocenters. The number of nitrogens with one attached hydrogen (secondary N) is 1. The van der Waals surface area contributed by atoms with Crippen molar-refractivity contribution in [3.63, 3.8) is 0 Å². The monoisotopic (exact) mass is 337 g/mol. The fourth-order valence-electron chi connectivity index (χ4n) is 1.86. The summed E-state index contributed by atoms with van der Waals surface area (Å²) in [5, 5.41) is 12.2. The number of carboxylic acids is 1. The molecule has 0 amide bonds. The van der Waals surface area contributed by atoms with Crippen LogP contribution in [0.2, 0.25) is 0 Å². The molecule has 0 radical (unpaired) electrons. The Kier molecular flexibility index (Phi) is 4.87. The lowest BCUT2D eigenvalue weighted by Crippen LogP contribution is -2.28. The normalized spacial score (nSPS) is 12.1. The Morgan fingerprint density at radius 2 is 1.95 bits per heavy atom. The summed E-state index contributed by atoms with van der Waals surface area (Å²) in [6, 6.07) is 12.8. The highest BCUT2D eigenvalue weighted by atomic mass is 79.9. The molecule has 0 saturated carbocycles. The number of halogens is 2. The van der Waals surface area contributed by atoms with E-state index in [4.69, 9.17) is 0 Å². The van der Waals surface area contributed by atoms with Crippen molar-refractivity contribution in [3.8, 4) is 0 Å². The average molecular weight is 338 g/mol. The van der Waals surface area contributed by atoms with Crippen LogP contribution < -0.4 is 5.32 Å². The van der Waals surface area contributed by atoms with Crippen molar-refractivity contribution in [3.05, 3.63) is 69.9 Å². The molecule has 0 aliphatic heterocycles. The van der Waals surface area contributed by atoms with E-state index in [1.54, 1.807) is 36.4 Å². The maximum atomic E-state index is 13.4. The largest absolute Gasteiger partial charge is 0.480 e. The Balaban J connectivity index is 2.10. The van der Waals surface area contributed by atoms with Crippen molar-refractivity contribution < 1.29 is 14.3 Å². The first-order valence-electron chi connectivity index (χ1n) is 6.03. The number of carbonyl (C=O) groups is 1. The number of carboxylic acid groups (broad SMARTS) is 1. The topological polar surface area (TPSA) is 49.3 Å². The van der Waals surface area contributed by atoms with E-state index in [2.05, 4.69) is 21.2 Å². The van der Waals surface area contributed by atoms with Gasteiger partial charge in [0.15, 0.2) is 0 Å². The summed E-state index contributed by atoms with van der Waals surface area (Å²) < 4.78 is 13.8. The molecule has 1 atom stereocenters. The van der Waals surface area contributed by atoms with Gasteiger partial charge in [0.05, 0.1) is 4.47 Å². The van der Waals surface area contributed by atoms with Gasteiger partial charge in [0.2, 0.25) is 0 Å². The summed E-state index contributed by atoms with van der Waals surface area (Å²) in [6.07, 6.45) is 0. The molecule has 2 rings (SSSR count). The second kappa shape index (κ2) is 6.63. The fraction of sp³-hybridized carbons (Fsp3) is 0.133. The highest BCUT2D eigenvalue weighted by Crippen LogP contribution is 2.18. The van der Waals surface area contributed by atoms with E-state index in [-0.39, 0.29) is 12.4 Å². The van der Waals surface area contributed by atoms with Crippen molar-refractivity contribution in [1.29, 1.82) is 0 Å². The smallest absolute Gasteiger partial charge is 0.325 e. The van der Waals surface area contributed by atoms with Crippen LogP contribution in [0.4, 0.5) is 4.39 Å². The highest BCUT2D eigenvalue weighted by Gasteiger charge is 2.18. The lowest BCUT2D eigenvalue weighted by molar-refractivity contribution is -0.139. The van der Waals surface area contributed by atoms with E-state index in [1.807, 2.05) is 6.07 Å². The standard InChI is InChI=1S/C15H13BrFNO2/c16-12-7-6-10(8-13(12)17)9-18-14(15(19)20)11-4-2-1-3-5-11/h1-8,14,18H,9H2,(H,19,20). The minimum absolute atomic E-state index is 0.274. The third-order valence-electron chi connectivity index (χ3n) is 2.87. The van der Waals surface area contributed by atoms with E-state index in [0.29, 0.717) is 15.6 Å². The van der Waals surface area contributed by atoms with Crippen LogP contribution in [0.5, 0.6) is 0 Å². The van der Waals surface area contributed by atoms with Crippen LogP contribution >= 0.6 is 15.9 Å². The lowest BCUT2D eigenvalue weighted by atomic mass is 10.1. The molecular weight excluding hydrogens is 325 g/mol. The molecule has 2 aromatic rings. The zero-order chi connectivity index (χ0) is 14.5. The molecule has 20 heavy (non-hydrogen) atoms. The van der Waals surface area contributed by atoms with Crippen molar-refractivity contribution in [2.75, 3.05) is 0 Å². The second-order valence-corrected chi connectivity index (χ2v) is 5.17. The predicted octanol–water partition coefficient (Wildman–Crippen LogP) is 3.50. The molecule has 0 aliphatic rings. The molecule has 0 aromatic heterocycles. The van der Waals surface area contributed by atoms with Crippen molar-refractivity contribution in [2.45, 2.75) is 12.6 Å². The molecule has 5 heteroatoms. The van der Waals surface area contributed by atoms with Gasteiger partial charge in [-0.2, -0.15) is 0 Å². The van der Waals surface area contributed by atoms with Gasteiger partial charge in [-0.15, -0.1) is 0 Å². The van der Waals surface area contributed by atoms with E-state index < -0.39 is 12.0 Å². The number of rotatable bonds is 5. The van der Waals surface area contributed by atoms with Crippen LogP contribution in [-0.4, -0.2) is 11.1 Å². The van der Waals surface area contributed by atoms with Crippen LogP contribution in [0.3, 0.4) is 0 Å². The van der Waals surface area contributed by atoms with Gasteiger partial charge >= 0.3 is 5.97 Å².